The number of fused-ring (bicyclic) bond motifs is 1. The van der Waals surface area contributed by atoms with Crippen LogP contribution in [0, 0.1) is 0 Å². The Balaban J connectivity index is 1.73. The average molecular weight is 294 g/mol. The molecule has 2 rings (SSSR count). The van der Waals surface area contributed by atoms with E-state index in [0.717, 1.165) is 17.2 Å². The van der Waals surface area contributed by atoms with Gasteiger partial charge in [0.2, 0.25) is 5.91 Å². The number of aromatic nitrogens is 3. The van der Waals surface area contributed by atoms with Gasteiger partial charge in [-0.05, 0) is 25.5 Å². The number of carbonyl (C=O) groups is 1. The molecule has 0 bridgehead atoms. The maximum absolute atomic E-state index is 11.7. The largest absolute Gasteiger partial charge is 0.382 e. The minimum absolute atomic E-state index is 0.000760. The van der Waals surface area contributed by atoms with Crippen LogP contribution in [0.25, 0.3) is 5.65 Å². The maximum Gasteiger partial charge on any atom is 0.230 e. The molecule has 108 valence electrons. The van der Waals surface area contributed by atoms with Crippen LogP contribution in [0.2, 0.25) is 0 Å². The van der Waals surface area contributed by atoms with Gasteiger partial charge >= 0.3 is 0 Å². The van der Waals surface area contributed by atoms with Gasteiger partial charge in [-0.25, -0.2) is 0 Å². The van der Waals surface area contributed by atoms with Crippen molar-refractivity contribution in [3.05, 3.63) is 24.4 Å². The van der Waals surface area contributed by atoms with Gasteiger partial charge in [0.1, 0.15) is 0 Å². The summed E-state index contributed by atoms with van der Waals surface area (Å²) in [6, 6.07) is 5.70. The number of thioether (sulfide) groups is 1. The van der Waals surface area contributed by atoms with Crippen LogP contribution in [0.5, 0.6) is 0 Å². The van der Waals surface area contributed by atoms with Crippen molar-refractivity contribution in [3.63, 3.8) is 0 Å². The maximum atomic E-state index is 11.7. The predicted octanol–water partition coefficient (Wildman–Crippen LogP) is 1.36. The number of hydrogen-bond donors (Lipinski definition) is 1. The molecule has 0 aliphatic heterocycles. The molecule has 2 aromatic heterocycles. The van der Waals surface area contributed by atoms with E-state index in [1.165, 1.54) is 11.8 Å². The lowest BCUT2D eigenvalue weighted by Crippen LogP contribution is -2.27. The summed E-state index contributed by atoms with van der Waals surface area (Å²) in [5, 5.41) is 11.7. The Bertz CT molecular complexity index is 558. The van der Waals surface area contributed by atoms with Crippen molar-refractivity contribution in [1.82, 2.24) is 19.9 Å². The SMILES string of the molecule is CCOCCCNC(=O)CSc1nnc2ccccn12. The Morgan fingerprint density at radius 2 is 2.35 bits per heavy atom. The summed E-state index contributed by atoms with van der Waals surface area (Å²) >= 11 is 1.38. The molecular formula is C13H18N4O2S. The minimum atomic E-state index is -0.000760. The molecule has 1 N–H and O–H groups in total. The summed E-state index contributed by atoms with van der Waals surface area (Å²) in [6.07, 6.45) is 2.72. The third-order valence-electron chi connectivity index (χ3n) is 2.61. The van der Waals surface area contributed by atoms with Crippen LogP contribution in [0.4, 0.5) is 0 Å². The van der Waals surface area contributed by atoms with Crippen LogP contribution in [-0.4, -0.2) is 46.0 Å². The number of carbonyl (C=O) groups excluding carboxylic acids is 1. The van der Waals surface area contributed by atoms with Crippen molar-refractivity contribution in [3.8, 4) is 0 Å². The third kappa shape index (κ3) is 4.21. The molecule has 0 radical (unpaired) electrons. The zero-order valence-electron chi connectivity index (χ0n) is 11.4. The predicted molar refractivity (Wildman–Crippen MR) is 77.8 cm³/mol. The van der Waals surface area contributed by atoms with Gasteiger partial charge in [-0.15, -0.1) is 10.2 Å². The Morgan fingerprint density at radius 3 is 3.20 bits per heavy atom. The van der Waals surface area contributed by atoms with Crippen LogP contribution in [0.15, 0.2) is 29.6 Å². The second-order valence-electron chi connectivity index (χ2n) is 4.10. The number of hydrogen-bond acceptors (Lipinski definition) is 5. The normalized spacial score (nSPS) is 10.8. The lowest BCUT2D eigenvalue weighted by molar-refractivity contribution is -0.118. The second-order valence-corrected chi connectivity index (χ2v) is 5.04. The summed E-state index contributed by atoms with van der Waals surface area (Å²) in [5.74, 6) is 0.337. The fourth-order valence-corrected chi connectivity index (χ4v) is 2.40. The van der Waals surface area contributed by atoms with Gasteiger partial charge in [-0.3, -0.25) is 9.20 Å². The van der Waals surface area contributed by atoms with Crippen LogP contribution < -0.4 is 5.32 Å². The number of nitrogens with zero attached hydrogens (tertiary/aromatic N) is 3. The summed E-state index contributed by atoms with van der Waals surface area (Å²) < 4.78 is 7.07. The number of ether oxygens (including phenoxy) is 1. The number of pyridine rings is 1. The molecule has 0 aromatic carbocycles. The molecule has 0 fully saturated rings. The van der Waals surface area contributed by atoms with Gasteiger partial charge < -0.3 is 10.1 Å². The number of nitrogens with one attached hydrogen (secondary N) is 1. The first-order valence-corrected chi connectivity index (χ1v) is 7.57. The van der Waals surface area contributed by atoms with E-state index in [1.807, 2.05) is 35.7 Å². The highest BCUT2D eigenvalue weighted by Gasteiger charge is 2.08. The van der Waals surface area contributed by atoms with E-state index < -0.39 is 0 Å². The van der Waals surface area contributed by atoms with Crippen LogP contribution in [0.1, 0.15) is 13.3 Å². The molecule has 0 saturated carbocycles. The molecule has 0 unspecified atom stereocenters. The summed E-state index contributed by atoms with van der Waals surface area (Å²) in [6.45, 7) is 3.99. The van der Waals surface area contributed by atoms with E-state index in [9.17, 15) is 4.79 Å². The van der Waals surface area contributed by atoms with Gasteiger partial charge in [-0.2, -0.15) is 0 Å². The smallest absolute Gasteiger partial charge is 0.230 e. The molecule has 6 nitrogen and oxygen atoms in total. The van der Waals surface area contributed by atoms with Crippen LogP contribution in [-0.2, 0) is 9.53 Å². The van der Waals surface area contributed by atoms with Gasteiger partial charge in [-0.1, -0.05) is 17.8 Å². The summed E-state index contributed by atoms with van der Waals surface area (Å²) in [4.78, 5) is 11.7. The molecule has 0 saturated heterocycles. The first-order valence-electron chi connectivity index (χ1n) is 6.58. The molecule has 2 aromatic rings. The van der Waals surface area contributed by atoms with Gasteiger partial charge in [0.05, 0.1) is 5.75 Å². The molecule has 2 heterocycles. The fourth-order valence-electron chi connectivity index (χ4n) is 1.65. The van der Waals surface area contributed by atoms with Crippen molar-refractivity contribution < 1.29 is 9.53 Å². The van der Waals surface area contributed by atoms with Crippen molar-refractivity contribution >= 4 is 23.3 Å². The summed E-state index contributed by atoms with van der Waals surface area (Å²) in [7, 11) is 0. The van der Waals surface area contributed by atoms with E-state index in [4.69, 9.17) is 4.74 Å². The monoisotopic (exact) mass is 294 g/mol. The zero-order valence-corrected chi connectivity index (χ0v) is 12.2. The lowest BCUT2D eigenvalue weighted by atomic mass is 10.4. The van der Waals surface area contributed by atoms with Crippen molar-refractivity contribution in [2.45, 2.75) is 18.5 Å². The molecule has 0 spiro atoms. The van der Waals surface area contributed by atoms with E-state index in [2.05, 4.69) is 15.5 Å². The quantitative estimate of drug-likeness (QED) is 0.588. The molecule has 0 aliphatic rings. The average Bonchev–Trinajstić information content (AvgIpc) is 2.88. The first-order chi connectivity index (χ1) is 9.81. The van der Waals surface area contributed by atoms with Crippen LogP contribution >= 0.6 is 11.8 Å². The van der Waals surface area contributed by atoms with Gasteiger partial charge in [0.25, 0.3) is 0 Å². The van der Waals surface area contributed by atoms with Crippen molar-refractivity contribution in [2.24, 2.45) is 0 Å². The van der Waals surface area contributed by atoms with Crippen molar-refractivity contribution in [2.75, 3.05) is 25.5 Å². The van der Waals surface area contributed by atoms with Crippen LogP contribution in [0.3, 0.4) is 0 Å². The lowest BCUT2D eigenvalue weighted by Gasteiger charge is -2.04. The first kappa shape index (κ1) is 14.8. The number of amides is 1. The fraction of sp³-hybridized carbons (Fsp3) is 0.462. The molecular weight excluding hydrogens is 276 g/mol. The van der Waals surface area contributed by atoms with E-state index in [-0.39, 0.29) is 5.91 Å². The van der Waals surface area contributed by atoms with Gasteiger partial charge in [0.15, 0.2) is 10.8 Å². The van der Waals surface area contributed by atoms with E-state index >= 15 is 0 Å². The summed E-state index contributed by atoms with van der Waals surface area (Å²) in [5.41, 5.74) is 0.784. The minimum Gasteiger partial charge on any atom is -0.382 e. The Morgan fingerprint density at radius 1 is 1.45 bits per heavy atom. The highest BCUT2D eigenvalue weighted by molar-refractivity contribution is 7.99. The van der Waals surface area contributed by atoms with E-state index in [0.29, 0.717) is 25.5 Å². The molecule has 20 heavy (non-hydrogen) atoms. The molecule has 1 amide bonds. The standard InChI is InChI=1S/C13H18N4O2S/c1-2-19-9-5-7-14-12(18)10-20-13-16-15-11-6-3-4-8-17(11)13/h3-4,6,8H,2,5,7,9-10H2,1H3,(H,14,18). The van der Waals surface area contributed by atoms with Gasteiger partial charge in [0, 0.05) is 26.0 Å². The number of rotatable bonds is 8. The topological polar surface area (TPSA) is 68.5 Å². The molecule has 7 heteroatoms. The van der Waals surface area contributed by atoms with E-state index in [1.54, 1.807) is 0 Å². The molecule has 0 atom stereocenters. The third-order valence-corrected chi connectivity index (χ3v) is 3.55. The highest BCUT2D eigenvalue weighted by atomic mass is 32.2. The Labute approximate surface area is 121 Å². The Hall–Kier alpha value is -1.60. The van der Waals surface area contributed by atoms with Crippen molar-refractivity contribution in [1.29, 1.82) is 0 Å². The second kappa shape index (κ2) is 7.86. The zero-order chi connectivity index (χ0) is 14.2. The Kier molecular flexibility index (Phi) is 5.82. The highest BCUT2D eigenvalue weighted by Crippen LogP contribution is 2.15. The molecule has 0 aliphatic carbocycles.